The molecule has 0 atom stereocenters. The number of fused-ring (bicyclic) bond motifs is 1. The molecule has 0 aliphatic rings. The van der Waals surface area contributed by atoms with E-state index in [1.54, 1.807) is 12.1 Å². The Bertz CT molecular complexity index is 556. The maximum Gasteiger partial charge on any atom is 0.336 e. The molecule has 0 saturated heterocycles. The van der Waals surface area contributed by atoms with Crippen molar-refractivity contribution in [2.75, 3.05) is 0 Å². The zero-order valence-electron chi connectivity index (χ0n) is 8.81. The molecule has 80 valence electrons. The third kappa shape index (κ3) is 1.70. The molecule has 0 unspecified atom stereocenters. The minimum atomic E-state index is -0.888. The van der Waals surface area contributed by atoms with Crippen molar-refractivity contribution in [2.24, 2.45) is 0 Å². The Morgan fingerprint density at radius 3 is 2.56 bits per heavy atom. The van der Waals surface area contributed by atoms with Crippen LogP contribution in [-0.2, 0) is 6.42 Å². The van der Waals surface area contributed by atoms with Gasteiger partial charge in [0.15, 0.2) is 0 Å². The molecule has 0 bridgehead atoms. The lowest BCUT2D eigenvalue weighted by molar-refractivity contribution is 0.0699. The van der Waals surface area contributed by atoms with E-state index < -0.39 is 5.97 Å². The quantitative estimate of drug-likeness (QED) is 0.793. The Balaban J connectivity index is 2.75. The molecule has 0 radical (unpaired) electrons. The normalized spacial score (nSPS) is 10.2. The molecule has 0 aliphatic heterocycles. The number of carboxylic acid groups (broad SMARTS) is 1. The topological polar surface area (TPSA) is 37.3 Å². The zero-order valence-corrected chi connectivity index (χ0v) is 8.81. The zero-order chi connectivity index (χ0) is 11.5. The lowest BCUT2D eigenvalue weighted by atomic mass is 9.98. The Morgan fingerprint density at radius 1 is 1.19 bits per heavy atom. The third-order valence-corrected chi connectivity index (χ3v) is 2.61. The molecule has 0 saturated carbocycles. The van der Waals surface area contributed by atoms with Crippen molar-refractivity contribution in [3.63, 3.8) is 0 Å². The molecule has 0 spiro atoms. The Labute approximate surface area is 93.8 Å². The summed E-state index contributed by atoms with van der Waals surface area (Å²) in [6, 6.07) is 11.1. The second kappa shape index (κ2) is 4.19. The van der Waals surface area contributed by atoms with Crippen molar-refractivity contribution in [1.82, 2.24) is 0 Å². The fraction of sp³-hybridized carbons (Fsp3) is 0.0714. The van der Waals surface area contributed by atoms with E-state index in [0.717, 1.165) is 22.8 Å². The van der Waals surface area contributed by atoms with Crippen LogP contribution in [0.5, 0.6) is 0 Å². The van der Waals surface area contributed by atoms with Gasteiger partial charge >= 0.3 is 5.97 Å². The van der Waals surface area contributed by atoms with Gasteiger partial charge in [-0.3, -0.25) is 0 Å². The highest BCUT2D eigenvalue weighted by Gasteiger charge is 2.08. The summed E-state index contributed by atoms with van der Waals surface area (Å²) in [4.78, 5) is 11.1. The number of benzene rings is 2. The molecule has 0 aromatic heterocycles. The van der Waals surface area contributed by atoms with E-state index >= 15 is 0 Å². The maximum absolute atomic E-state index is 11.1. The van der Waals surface area contributed by atoms with Gasteiger partial charge in [-0.15, -0.1) is 6.58 Å². The molecule has 2 aromatic rings. The number of hydrogen-bond acceptors (Lipinski definition) is 1. The van der Waals surface area contributed by atoms with Gasteiger partial charge in [0.05, 0.1) is 5.56 Å². The van der Waals surface area contributed by atoms with Crippen LogP contribution in [0.2, 0.25) is 0 Å². The minimum absolute atomic E-state index is 0.350. The van der Waals surface area contributed by atoms with Crippen LogP contribution in [0.1, 0.15) is 15.9 Å². The van der Waals surface area contributed by atoms with Crippen LogP contribution in [-0.4, -0.2) is 11.1 Å². The van der Waals surface area contributed by atoms with E-state index in [0.29, 0.717) is 5.56 Å². The van der Waals surface area contributed by atoms with Gasteiger partial charge in [-0.1, -0.05) is 36.4 Å². The highest BCUT2D eigenvalue weighted by atomic mass is 16.4. The summed E-state index contributed by atoms with van der Waals surface area (Å²) in [5.74, 6) is -0.888. The first-order chi connectivity index (χ1) is 7.74. The van der Waals surface area contributed by atoms with Crippen molar-refractivity contribution < 1.29 is 9.90 Å². The largest absolute Gasteiger partial charge is 0.478 e. The lowest BCUT2D eigenvalue weighted by Gasteiger charge is -2.06. The molecule has 16 heavy (non-hydrogen) atoms. The molecule has 2 rings (SSSR count). The molecule has 2 nitrogen and oxygen atoms in total. The highest BCUT2D eigenvalue weighted by molar-refractivity contribution is 6.04. The van der Waals surface area contributed by atoms with Gasteiger partial charge in [-0.2, -0.15) is 0 Å². The van der Waals surface area contributed by atoms with Crippen molar-refractivity contribution in [2.45, 2.75) is 6.42 Å². The first kappa shape index (κ1) is 10.4. The fourth-order valence-electron chi connectivity index (χ4n) is 1.90. The van der Waals surface area contributed by atoms with Crippen molar-refractivity contribution in [3.05, 3.63) is 60.2 Å². The van der Waals surface area contributed by atoms with Crippen molar-refractivity contribution in [3.8, 4) is 0 Å². The molecular formula is C14H12O2. The second-order valence-corrected chi connectivity index (χ2v) is 3.62. The number of hydrogen-bond donors (Lipinski definition) is 1. The number of allylic oxidation sites excluding steroid dienone is 1. The predicted molar refractivity (Wildman–Crippen MR) is 64.8 cm³/mol. The molecule has 2 heteroatoms. The van der Waals surface area contributed by atoms with E-state index in [-0.39, 0.29) is 0 Å². The molecule has 2 aromatic carbocycles. The lowest BCUT2D eigenvalue weighted by Crippen LogP contribution is -1.98. The van der Waals surface area contributed by atoms with Gasteiger partial charge in [0, 0.05) is 0 Å². The number of carbonyl (C=O) groups is 1. The Hall–Kier alpha value is -2.09. The first-order valence-corrected chi connectivity index (χ1v) is 5.09. The molecule has 0 amide bonds. The van der Waals surface area contributed by atoms with Gasteiger partial charge in [-0.05, 0) is 28.8 Å². The van der Waals surface area contributed by atoms with Crippen LogP contribution in [0.15, 0.2) is 49.1 Å². The van der Waals surface area contributed by atoms with Crippen molar-refractivity contribution >= 4 is 16.7 Å². The van der Waals surface area contributed by atoms with E-state index in [1.807, 2.05) is 30.3 Å². The molecule has 0 aliphatic carbocycles. The van der Waals surface area contributed by atoms with Crippen LogP contribution in [0, 0.1) is 0 Å². The van der Waals surface area contributed by atoms with E-state index in [4.69, 9.17) is 5.11 Å². The average Bonchev–Trinajstić information content (AvgIpc) is 2.29. The average molecular weight is 212 g/mol. The summed E-state index contributed by atoms with van der Waals surface area (Å²) in [6.45, 7) is 3.70. The fourth-order valence-corrected chi connectivity index (χ4v) is 1.90. The second-order valence-electron chi connectivity index (χ2n) is 3.62. The van der Waals surface area contributed by atoms with Crippen molar-refractivity contribution in [1.29, 1.82) is 0 Å². The van der Waals surface area contributed by atoms with E-state index in [9.17, 15) is 4.79 Å². The minimum Gasteiger partial charge on any atom is -0.478 e. The standard InChI is InChI=1S/C14H12O2/c1-2-5-10-6-3-8-12-11(10)7-4-9-13(12)14(15)16/h2-4,6-9H,1,5H2,(H,15,16). The van der Waals surface area contributed by atoms with Crippen LogP contribution >= 0.6 is 0 Å². The molecule has 0 heterocycles. The van der Waals surface area contributed by atoms with Gasteiger partial charge in [-0.25, -0.2) is 4.79 Å². The van der Waals surface area contributed by atoms with Crippen LogP contribution in [0.4, 0.5) is 0 Å². The molecule has 0 fully saturated rings. The van der Waals surface area contributed by atoms with Crippen LogP contribution < -0.4 is 0 Å². The van der Waals surface area contributed by atoms with Gasteiger partial charge in [0.1, 0.15) is 0 Å². The summed E-state index contributed by atoms with van der Waals surface area (Å²) in [7, 11) is 0. The number of rotatable bonds is 3. The molecule has 1 N–H and O–H groups in total. The summed E-state index contributed by atoms with van der Waals surface area (Å²) in [5, 5.41) is 10.9. The monoisotopic (exact) mass is 212 g/mol. The summed E-state index contributed by atoms with van der Waals surface area (Å²) >= 11 is 0. The van der Waals surface area contributed by atoms with Crippen LogP contribution in [0.3, 0.4) is 0 Å². The Kier molecular flexibility index (Phi) is 2.73. The Morgan fingerprint density at radius 2 is 1.88 bits per heavy atom. The van der Waals surface area contributed by atoms with E-state index in [1.165, 1.54) is 0 Å². The summed E-state index contributed by atoms with van der Waals surface area (Å²) in [6.07, 6.45) is 2.57. The maximum atomic E-state index is 11.1. The smallest absolute Gasteiger partial charge is 0.336 e. The highest BCUT2D eigenvalue weighted by Crippen LogP contribution is 2.23. The summed E-state index contributed by atoms with van der Waals surface area (Å²) < 4.78 is 0. The predicted octanol–water partition coefficient (Wildman–Crippen LogP) is 3.27. The van der Waals surface area contributed by atoms with Gasteiger partial charge in [0.25, 0.3) is 0 Å². The first-order valence-electron chi connectivity index (χ1n) is 5.09. The van der Waals surface area contributed by atoms with E-state index in [2.05, 4.69) is 6.58 Å². The van der Waals surface area contributed by atoms with Gasteiger partial charge < -0.3 is 5.11 Å². The summed E-state index contributed by atoms with van der Waals surface area (Å²) in [5.41, 5.74) is 1.46. The van der Waals surface area contributed by atoms with Gasteiger partial charge in [0.2, 0.25) is 0 Å². The van der Waals surface area contributed by atoms with Crippen LogP contribution in [0.25, 0.3) is 10.8 Å². The third-order valence-electron chi connectivity index (χ3n) is 2.61. The number of aromatic carboxylic acids is 1. The SMILES string of the molecule is C=CCc1cccc2c(C(=O)O)cccc12. The molecular weight excluding hydrogens is 200 g/mol. The number of carboxylic acids is 1.